The molecule has 1 aliphatic rings. The Morgan fingerprint density at radius 2 is 1.83 bits per heavy atom. The molecule has 0 radical (unpaired) electrons. The van der Waals surface area contributed by atoms with E-state index in [1.165, 1.54) is 0 Å². The zero-order valence-electron chi connectivity index (χ0n) is 12.7. The smallest absolute Gasteiger partial charge is 0.0936 e. The van der Waals surface area contributed by atoms with Gasteiger partial charge in [0.15, 0.2) is 0 Å². The van der Waals surface area contributed by atoms with Gasteiger partial charge in [0.1, 0.15) is 0 Å². The molecule has 0 saturated heterocycles. The summed E-state index contributed by atoms with van der Waals surface area (Å²) >= 11 is 0. The first kappa shape index (κ1) is 15.9. The molecular weight excluding hydrogens is 228 g/mol. The number of hydrogen-bond acceptors (Lipinski definition) is 3. The highest BCUT2D eigenvalue weighted by Crippen LogP contribution is 2.38. The summed E-state index contributed by atoms with van der Waals surface area (Å²) in [5.41, 5.74) is -0.492. The van der Waals surface area contributed by atoms with Crippen LogP contribution >= 0.6 is 0 Å². The monoisotopic (exact) mass is 258 g/mol. The van der Waals surface area contributed by atoms with Crippen molar-refractivity contribution in [3.05, 3.63) is 0 Å². The van der Waals surface area contributed by atoms with Gasteiger partial charge >= 0.3 is 0 Å². The first-order valence-corrected chi connectivity index (χ1v) is 7.13. The number of ether oxygens (including phenoxy) is 2. The van der Waals surface area contributed by atoms with Crippen LogP contribution in [0.15, 0.2) is 0 Å². The van der Waals surface area contributed by atoms with E-state index in [1.807, 2.05) is 0 Å². The molecule has 0 amide bonds. The third-order valence-corrected chi connectivity index (χ3v) is 4.71. The van der Waals surface area contributed by atoms with Crippen molar-refractivity contribution in [2.75, 3.05) is 14.2 Å². The lowest BCUT2D eigenvalue weighted by atomic mass is 9.75. The molecule has 3 heteroatoms. The van der Waals surface area contributed by atoms with Crippen LogP contribution in [-0.2, 0) is 9.47 Å². The van der Waals surface area contributed by atoms with Crippen LogP contribution in [0.2, 0.25) is 0 Å². The predicted octanol–water partition coefficient (Wildman–Crippen LogP) is 3.15. The van der Waals surface area contributed by atoms with Crippen molar-refractivity contribution >= 4 is 0 Å². The van der Waals surface area contributed by atoms with Crippen LogP contribution in [0, 0.1) is 5.92 Å². The van der Waals surface area contributed by atoms with Crippen LogP contribution in [0.1, 0.15) is 59.3 Å². The molecule has 0 aromatic rings. The van der Waals surface area contributed by atoms with Gasteiger partial charge in [-0.2, -0.15) is 0 Å². The van der Waals surface area contributed by atoms with E-state index in [-0.39, 0.29) is 17.3 Å². The fourth-order valence-corrected chi connectivity index (χ4v) is 2.77. The average Bonchev–Trinajstić information content (AvgIpc) is 2.37. The molecular formula is C15H30O3. The maximum atomic E-state index is 10.5. The third kappa shape index (κ3) is 3.94. The van der Waals surface area contributed by atoms with Gasteiger partial charge in [-0.1, -0.05) is 6.92 Å². The van der Waals surface area contributed by atoms with E-state index in [1.54, 1.807) is 14.2 Å². The van der Waals surface area contributed by atoms with Crippen LogP contribution in [0.25, 0.3) is 0 Å². The topological polar surface area (TPSA) is 38.7 Å². The third-order valence-electron chi connectivity index (χ3n) is 4.71. The minimum atomic E-state index is -0.385. The summed E-state index contributed by atoms with van der Waals surface area (Å²) in [7, 11) is 3.46. The van der Waals surface area contributed by atoms with Gasteiger partial charge in [-0.3, -0.25) is 0 Å². The maximum absolute atomic E-state index is 10.5. The lowest BCUT2D eigenvalue weighted by Gasteiger charge is -2.42. The van der Waals surface area contributed by atoms with Crippen molar-refractivity contribution in [3.63, 3.8) is 0 Å². The molecule has 1 aliphatic carbocycles. The minimum Gasteiger partial charge on any atom is -0.390 e. The molecule has 0 aromatic carbocycles. The minimum absolute atomic E-state index is 0.169. The Morgan fingerprint density at radius 1 is 1.28 bits per heavy atom. The van der Waals surface area contributed by atoms with Crippen molar-refractivity contribution in [2.24, 2.45) is 5.92 Å². The highest BCUT2D eigenvalue weighted by molar-refractivity contribution is 4.93. The summed E-state index contributed by atoms with van der Waals surface area (Å²) in [6.07, 6.45) is 5.45. The second kappa shape index (κ2) is 6.36. The Kier molecular flexibility index (Phi) is 5.63. The van der Waals surface area contributed by atoms with Gasteiger partial charge in [0.25, 0.3) is 0 Å². The van der Waals surface area contributed by atoms with E-state index in [9.17, 15) is 5.11 Å². The van der Waals surface area contributed by atoms with E-state index in [2.05, 4.69) is 20.8 Å². The normalized spacial score (nSPS) is 31.3. The molecule has 1 unspecified atom stereocenters. The molecule has 0 aromatic heterocycles. The summed E-state index contributed by atoms with van der Waals surface area (Å²) in [5, 5.41) is 10.5. The molecule has 1 fully saturated rings. The molecule has 108 valence electrons. The Morgan fingerprint density at radius 3 is 2.28 bits per heavy atom. The average molecular weight is 258 g/mol. The second-order valence-electron chi connectivity index (χ2n) is 6.47. The molecule has 18 heavy (non-hydrogen) atoms. The molecule has 1 rings (SSSR count). The van der Waals surface area contributed by atoms with Gasteiger partial charge < -0.3 is 14.6 Å². The molecule has 0 aliphatic heterocycles. The first-order valence-electron chi connectivity index (χ1n) is 7.13. The highest BCUT2D eigenvalue weighted by Gasteiger charge is 2.41. The fraction of sp³-hybridized carbons (Fsp3) is 1.00. The van der Waals surface area contributed by atoms with Crippen molar-refractivity contribution in [2.45, 2.75) is 76.6 Å². The lowest BCUT2D eigenvalue weighted by Crippen LogP contribution is -2.47. The van der Waals surface area contributed by atoms with Gasteiger partial charge in [-0.15, -0.1) is 0 Å². The number of rotatable bonds is 6. The van der Waals surface area contributed by atoms with E-state index < -0.39 is 0 Å². The summed E-state index contributed by atoms with van der Waals surface area (Å²) in [6, 6.07) is 0. The Labute approximate surface area is 112 Å². The van der Waals surface area contributed by atoms with Crippen LogP contribution in [0.4, 0.5) is 0 Å². The van der Waals surface area contributed by atoms with Gasteiger partial charge in [0.2, 0.25) is 0 Å². The maximum Gasteiger partial charge on any atom is 0.0936 e. The molecule has 0 heterocycles. The van der Waals surface area contributed by atoms with Crippen LogP contribution in [-0.4, -0.2) is 36.6 Å². The summed E-state index contributed by atoms with van der Waals surface area (Å²) in [4.78, 5) is 0. The Hall–Kier alpha value is -0.120. The lowest BCUT2D eigenvalue weighted by molar-refractivity contribution is -0.135. The summed E-state index contributed by atoms with van der Waals surface area (Å²) in [6.45, 7) is 6.39. The molecule has 1 saturated carbocycles. The quantitative estimate of drug-likeness (QED) is 0.795. The van der Waals surface area contributed by atoms with Crippen molar-refractivity contribution in [1.29, 1.82) is 0 Å². The van der Waals surface area contributed by atoms with Gasteiger partial charge in [0.05, 0.1) is 17.3 Å². The number of aliphatic hydroxyl groups is 1. The zero-order chi connectivity index (χ0) is 13.8. The van der Waals surface area contributed by atoms with Crippen LogP contribution < -0.4 is 0 Å². The Balaban J connectivity index is 2.54. The zero-order valence-corrected chi connectivity index (χ0v) is 12.7. The van der Waals surface area contributed by atoms with Gasteiger partial charge in [0, 0.05) is 14.2 Å². The van der Waals surface area contributed by atoms with Crippen LogP contribution in [0.5, 0.6) is 0 Å². The molecule has 1 N–H and O–H groups in total. The second-order valence-corrected chi connectivity index (χ2v) is 6.47. The van der Waals surface area contributed by atoms with E-state index in [0.717, 1.165) is 44.4 Å². The summed E-state index contributed by atoms with van der Waals surface area (Å²) in [5.74, 6) is 0.760. The van der Waals surface area contributed by atoms with Crippen molar-refractivity contribution in [1.82, 2.24) is 0 Å². The van der Waals surface area contributed by atoms with Gasteiger partial charge in [-0.25, -0.2) is 0 Å². The number of hydrogen-bond donors (Lipinski definition) is 1. The van der Waals surface area contributed by atoms with E-state index in [0.29, 0.717) is 0 Å². The van der Waals surface area contributed by atoms with Crippen molar-refractivity contribution < 1.29 is 14.6 Å². The molecule has 0 bridgehead atoms. The highest BCUT2D eigenvalue weighted by atomic mass is 16.5. The van der Waals surface area contributed by atoms with Crippen LogP contribution in [0.3, 0.4) is 0 Å². The standard InChI is InChI=1S/C15H30O3/c1-12-6-10-15(18-5,11-7-12)13(16)8-9-14(2,3)17-4/h12-13,16H,6-11H2,1-5H3. The number of aliphatic hydroxyl groups excluding tert-OH is 1. The largest absolute Gasteiger partial charge is 0.390 e. The molecule has 1 atom stereocenters. The molecule has 3 nitrogen and oxygen atoms in total. The molecule has 0 spiro atoms. The number of methoxy groups -OCH3 is 2. The first-order chi connectivity index (χ1) is 8.35. The Bertz CT molecular complexity index is 242. The van der Waals surface area contributed by atoms with Gasteiger partial charge in [-0.05, 0) is 58.3 Å². The summed E-state index contributed by atoms with van der Waals surface area (Å²) < 4.78 is 11.1. The van der Waals surface area contributed by atoms with Crippen molar-refractivity contribution in [3.8, 4) is 0 Å². The van der Waals surface area contributed by atoms with E-state index >= 15 is 0 Å². The fourth-order valence-electron chi connectivity index (χ4n) is 2.77. The predicted molar refractivity (Wildman–Crippen MR) is 73.7 cm³/mol. The van der Waals surface area contributed by atoms with E-state index in [4.69, 9.17) is 9.47 Å². The SMILES string of the molecule is COC(C)(C)CCC(O)C1(OC)CCC(C)CC1.